The molecule has 184 valence electrons. The van der Waals surface area contributed by atoms with E-state index in [-0.39, 0.29) is 18.0 Å². The van der Waals surface area contributed by atoms with E-state index in [4.69, 9.17) is 9.47 Å². The van der Waals surface area contributed by atoms with Gasteiger partial charge in [0.25, 0.3) is 0 Å². The van der Waals surface area contributed by atoms with Crippen LogP contribution in [-0.2, 0) is 22.5 Å². The molecular formula is C28H32N2O5. The first kappa shape index (κ1) is 22.7. The van der Waals surface area contributed by atoms with Crippen molar-refractivity contribution < 1.29 is 24.2 Å². The molecule has 4 aliphatic rings. The first-order valence-corrected chi connectivity index (χ1v) is 12.6. The van der Waals surface area contributed by atoms with Gasteiger partial charge in [-0.2, -0.15) is 0 Å². The maximum absolute atomic E-state index is 12.2. The standard InChI is InChI=1S/C28H32N2O5/c1-16-9-19-10-18(3-4-23(19)28(33)35-16)20-11-21-13-29(7-8-30(21)12-20)14-26(31)22-5-6-24-25(17(22)2)15-34-27(24)32/h3-6,10,16,20-21,26,31H,7-9,11-15H2,1-2H3/t16-,20?,21+,26+/m1/s1. The average molecular weight is 477 g/mol. The maximum Gasteiger partial charge on any atom is 0.338 e. The van der Waals surface area contributed by atoms with Crippen molar-refractivity contribution in [3.05, 3.63) is 69.3 Å². The second kappa shape index (κ2) is 8.73. The lowest BCUT2D eigenvalue weighted by Crippen LogP contribution is -2.51. The SMILES string of the molecule is Cc1c([C@@H](O)CN2CCN3CC(c4ccc5c(c4)C[C@@H](C)OC5=O)C[C@H]3C2)ccc2c1COC2=O. The molecule has 2 aromatic carbocycles. The van der Waals surface area contributed by atoms with Crippen molar-refractivity contribution in [3.8, 4) is 0 Å². The summed E-state index contributed by atoms with van der Waals surface area (Å²) in [6.45, 7) is 8.70. The minimum Gasteiger partial charge on any atom is -0.459 e. The van der Waals surface area contributed by atoms with Crippen LogP contribution in [0.4, 0.5) is 0 Å². The Hall–Kier alpha value is -2.74. The fourth-order valence-electron chi connectivity index (χ4n) is 6.42. The van der Waals surface area contributed by atoms with Crippen LogP contribution in [0.25, 0.3) is 0 Å². The van der Waals surface area contributed by atoms with Crippen LogP contribution in [0, 0.1) is 6.92 Å². The van der Waals surface area contributed by atoms with E-state index < -0.39 is 6.10 Å². The lowest BCUT2D eigenvalue weighted by molar-refractivity contribution is 0.0301. The molecule has 0 bridgehead atoms. The van der Waals surface area contributed by atoms with Gasteiger partial charge < -0.3 is 14.6 Å². The second-order valence-corrected chi connectivity index (χ2v) is 10.6. The van der Waals surface area contributed by atoms with Crippen molar-refractivity contribution in [1.29, 1.82) is 0 Å². The van der Waals surface area contributed by atoms with Crippen LogP contribution >= 0.6 is 0 Å². The summed E-state index contributed by atoms with van der Waals surface area (Å²) in [6, 6.07) is 10.4. The third kappa shape index (κ3) is 4.05. The summed E-state index contributed by atoms with van der Waals surface area (Å²) in [6.07, 6.45) is 1.20. The minimum atomic E-state index is -0.595. The number of hydrogen-bond acceptors (Lipinski definition) is 7. The molecule has 35 heavy (non-hydrogen) atoms. The number of carbonyl (C=O) groups excluding carboxylic acids is 2. The summed E-state index contributed by atoms with van der Waals surface area (Å²) >= 11 is 0. The van der Waals surface area contributed by atoms with Crippen LogP contribution in [-0.4, -0.2) is 71.7 Å². The van der Waals surface area contributed by atoms with Gasteiger partial charge in [0.2, 0.25) is 0 Å². The van der Waals surface area contributed by atoms with Crippen molar-refractivity contribution in [2.45, 2.75) is 57.5 Å². The van der Waals surface area contributed by atoms with Gasteiger partial charge >= 0.3 is 11.9 Å². The molecule has 7 nitrogen and oxygen atoms in total. The van der Waals surface area contributed by atoms with Gasteiger partial charge in [-0.05, 0) is 60.6 Å². The molecule has 2 fully saturated rings. The van der Waals surface area contributed by atoms with Crippen molar-refractivity contribution in [1.82, 2.24) is 9.80 Å². The summed E-state index contributed by atoms with van der Waals surface area (Å²) in [5.41, 5.74) is 6.51. The number of cyclic esters (lactones) is 2. The number of β-amino-alcohol motifs (C(OH)–C–C–N with tert-alkyl or cyclic N) is 1. The Labute approximate surface area is 205 Å². The van der Waals surface area contributed by atoms with Crippen LogP contribution in [0.2, 0.25) is 0 Å². The highest BCUT2D eigenvalue weighted by Gasteiger charge is 2.38. The topological polar surface area (TPSA) is 79.3 Å². The van der Waals surface area contributed by atoms with Gasteiger partial charge in [0.05, 0.1) is 17.2 Å². The van der Waals surface area contributed by atoms with Gasteiger partial charge in [-0.25, -0.2) is 9.59 Å². The highest BCUT2D eigenvalue weighted by atomic mass is 16.5. The Balaban J connectivity index is 1.11. The molecule has 0 aliphatic carbocycles. The normalized spacial score (nSPS) is 27.1. The molecule has 2 aromatic rings. The molecule has 0 aromatic heterocycles. The quantitative estimate of drug-likeness (QED) is 0.680. The lowest BCUT2D eigenvalue weighted by Gasteiger charge is -2.38. The predicted molar refractivity (Wildman–Crippen MR) is 129 cm³/mol. The maximum atomic E-state index is 12.2. The number of ether oxygens (including phenoxy) is 2. The molecule has 4 atom stereocenters. The van der Waals surface area contributed by atoms with Crippen molar-refractivity contribution >= 4 is 11.9 Å². The number of benzene rings is 2. The molecule has 0 radical (unpaired) electrons. The Bertz CT molecular complexity index is 1190. The van der Waals surface area contributed by atoms with Crippen molar-refractivity contribution in [3.63, 3.8) is 0 Å². The molecule has 0 saturated carbocycles. The fraction of sp³-hybridized carbons (Fsp3) is 0.500. The first-order chi connectivity index (χ1) is 16.9. The van der Waals surface area contributed by atoms with Crippen molar-refractivity contribution in [2.75, 3.05) is 32.7 Å². The molecule has 7 heteroatoms. The fourth-order valence-corrected chi connectivity index (χ4v) is 6.42. The number of aliphatic hydroxyl groups excluding tert-OH is 1. The number of aliphatic hydroxyl groups is 1. The number of fused-ring (bicyclic) bond motifs is 3. The Morgan fingerprint density at radius 2 is 1.91 bits per heavy atom. The predicted octanol–water partition coefficient (Wildman–Crippen LogP) is 2.97. The summed E-state index contributed by atoms with van der Waals surface area (Å²) in [4.78, 5) is 29.0. The van der Waals surface area contributed by atoms with E-state index in [9.17, 15) is 14.7 Å². The Morgan fingerprint density at radius 3 is 2.77 bits per heavy atom. The van der Waals surface area contributed by atoms with Gasteiger partial charge in [0, 0.05) is 50.7 Å². The number of rotatable bonds is 4. The second-order valence-electron chi connectivity index (χ2n) is 10.6. The van der Waals surface area contributed by atoms with Crippen LogP contribution < -0.4 is 0 Å². The van der Waals surface area contributed by atoms with E-state index in [2.05, 4.69) is 21.9 Å². The highest BCUT2D eigenvalue weighted by molar-refractivity contribution is 5.94. The number of esters is 2. The van der Waals surface area contributed by atoms with E-state index in [1.165, 1.54) is 5.56 Å². The van der Waals surface area contributed by atoms with Crippen molar-refractivity contribution in [2.24, 2.45) is 0 Å². The highest BCUT2D eigenvalue weighted by Crippen LogP contribution is 2.36. The molecule has 1 N–H and O–H groups in total. The average Bonchev–Trinajstić information content (AvgIpc) is 3.42. The summed E-state index contributed by atoms with van der Waals surface area (Å²) < 4.78 is 10.5. The molecule has 6 rings (SSSR count). The first-order valence-electron chi connectivity index (χ1n) is 12.6. The third-order valence-corrected chi connectivity index (χ3v) is 8.33. The molecule has 1 unspecified atom stereocenters. The molecule has 2 saturated heterocycles. The molecule has 4 heterocycles. The monoisotopic (exact) mass is 476 g/mol. The van der Waals surface area contributed by atoms with E-state index in [0.29, 0.717) is 36.2 Å². The van der Waals surface area contributed by atoms with Crippen LogP contribution in [0.5, 0.6) is 0 Å². The van der Waals surface area contributed by atoms with Gasteiger partial charge in [-0.15, -0.1) is 0 Å². The zero-order valence-corrected chi connectivity index (χ0v) is 20.3. The Morgan fingerprint density at radius 1 is 1.09 bits per heavy atom. The smallest absolute Gasteiger partial charge is 0.338 e. The molecular weight excluding hydrogens is 444 g/mol. The summed E-state index contributed by atoms with van der Waals surface area (Å²) in [7, 11) is 0. The van der Waals surface area contributed by atoms with E-state index in [1.54, 1.807) is 6.07 Å². The van der Waals surface area contributed by atoms with Crippen LogP contribution in [0.3, 0.4) is 0 Å². The number of hydrogen-bond donors (Lipinski definition) is 1. The largest absolute Gasteiger partial charge is 0.459 e. The molecule has 0 amide bonds. The third-order valence-electron chi connectivity index (χ3n) is 8.33. The van der Waals surface area contributed by atoms with Gasteiger partial charge in [0.15, 0.2) is 0 Å². The molecule has 0 spiro atoms. The summed E-state index contributed by atoms with van der Waals surface area (Å²) in [5.74, 6) is -0.0228. The zero-order valence-electron chi connectivity index (χ0n) is 20.3. The van der Waals surface area contributed by atoms with Gasteiger partial charge in [0.1, 0.15) is 12.7 Å². The van der Waals surface area contributed by atoms with Gasteiger partial charge in [-0.1, -0.05) is 18.2 Å². The summed E-state index contributed by atoms with van der Waals surface area (Å²) in [5, 5.41) is 11.1. The van der Waals surface area contributed by atoms with Crippen LogP contribution in [0.15, 0.2) is 30.3 Å². The number of nitrogens with zero attached hydrogens (tertiary/aromatic N) is 2. The van der Waals surface area contributed by atoms with E-state index >= 15 is 0 Å². The number of carbonyl (C=O) groups is 2. The van der Waals surface area contributed by atoms with E-state index in [0.717, 1.165) is 61.3 Å². The van der Waals surface area contributed by atoms with E-state index in [1.807, 2.05) is 26.0 Å². The van der Waals surface area contributed by atoms with Gasteiger partial charge in [-0.3, -0.25) is 9.80 Å². The van der Waals surface area contributed by atoms with Crippen LogP contribution in [0.1, 0.15) is 73.9 Å². The Kier molecular flexibility index (Phi) is 5.66. The lowest BCUT2D eigenvalue weighted by atomic mass is 9.90. The zero-order chi connectivity index (χ0) is 24.3. The number of piperazine rings is 1. The molecule has 4 aliphatic heterocycles. The minimum absolute atomic E-state index is 0.0672.